The molecule has 1 heterocycles. The number of hydrogen-bond acceptors (Lipinski definition) is 3. The van der Waals surface area contributed by atoms with E-state index >= 15 is 0 Å². The number of amides is 1. The van der Waals surface area contributed by atoms with Gasteiger partial charge >= 0.3 is 0 Å². The Kier molecular flexibility index (Phi) is 4.46. The summed E-state index contributed by atoms with van der Waals surface area (Å²) >= 11 is 0. The molecule has 0 spiro atoms. The van der Waals surface area contributed by atoms with E-state index in [4.69, 9.17) is 9.47 Å². The minimum Gasteiger partial charge on any atom is -0.486 e. The molecule has 0 unspecified atom stereocenters. The van der Waals surface area contributed by atoms with Crippen LogP contribution in [0.4, 0.5) is 4.39 Å². The molecular weight excluding hydrogens is 297 g/mol. The molecule has 3 rings (SSSR count). The first kappa shape index (κ1) is 15.3. The number of carbonyl (C=O) groups is 1. The van der Waals surface area contributed by atoms with E-state index in [1.54, 1.807) is 12.1 Å². The third kappa shape index (κ3) is 3.80. The van der Waals surface area contributed by atoms with Gasteiger partial charge in [0.1, 0.15) is 19.0 Å². The first-order valence-corrected chi connectivity index (χ1v) is 7.55. The second kappa shape index (κ2) is 6.69. The van der Waals surface area contributed by atoms with Gasteiger partial charge in [-0.05, 0) is 42.3 Å². The average molecular weight is 315 g/mol. The van der Waals surface area contributed by atoms with Crippen LogP contribution in [0.5, 0.6) is 11.5 Å². The lowest BCUT2D eigenvalue weighted by Gasteiger charge is -2.21. The van der Waals surface area contributed by atoms with Gasteiger partial charge in [-0.3, -0.25) is 4.79 Å². The number of carbonyl (C=O) groups excluding carboxylic acids is 1. The van der Waals surface area contributed by atoms with Gasteiger partial charge in [0.05, 0.1) is 12.5 Å². The van der Waals surface area contributed by atoms with Crippen molar-refractivity contribution in [3.8, 4) is 11.5 Å². The summed E-state index contributed by atoms with van der Waals surface area (Å²) in [5.41, 5.74) is 1.72. The first-order chi connectivity index (χ1) is 11.1. The standard InChI is InChI=1S/C18H18FNO3/c1-12(14-4-7-16-17(11-14)23-9-8-22-16)20-18(21)10-13-2-5-15(19)6-3-13/h2-7,11-12H,8-10H2,1H3,(H,20,21)/t12-/m1/s1. The molecule has 2 aromatic rings. The van der Waals surface area contributed by atoms with Crippen LogP contribution >= 0.6 is 0 Å². The van der Waals surface area contributed by atoms with Crippen LogP contribution in [0.25, 0.3) is 0 Å². The van der Waals surface area contributed by atoms with Crippen molar-refractivity contribution in [1.29, 1.82) is 0 Å². The molecule has 1 amide bonds. The van der Waals surface area contributed by atoms with Crippen molar-refractivity contribution < 1.29 is 18.7 Å². The molecule has 0 fully saturated rings. The molecule has 0 saturated heterocycles. The molecule has 2 aromatic carbocycles. The van der Waals surface area contributed by atoms with Crippen molar-refractivity contribution >= 4 is 5.91 Å². The number of benzene rings is 2. The van der Waals surface area contributed by atoms with Gasteiger partial charge in [0.15, 0.2) is 11.5 Å². The van der Waals surface area contributed by atoms with Gasteiger partial charge in [-0.1, -0.05) is 18.2 Å². The molecule has 0 aromatic heterocycles. The molecule has 1 aliphatic rings. The molecule has 1 atom stereocenters. The Bertz CT molecular complexity index is 700. The summed E-state index contributed by atoms with van der Waals surface area (Å²) in [5.74, 6) is 1.01. The van der Waals surface area contributed by atoms with E-state index in [1.165, 1.54) is 12.1 Å². The Morgan fingerprint density at radius 1 is 1.13 bits per heavy atom. The van der Waals surface area contributed by atoms with Crippen LogP contribution < -0.4 is 14.8 Å². The van der Waals surface area contributed by atoms with E-state index in [0.29, 0.717) is 19.0 Å². The SMILES string of the molecule is C[C@@H](NC(=O)Cc1ccc(F)cc1)c1ccc2c(c1)OCCO2. The second-order valence-electron chi connectivity index (χ2n) is 5.50. The molecule has 4 nitrogen and oxygen atoms in total. The van der Waals surface area contributed by atoms with Gasteiger partial charge in [0.25, 0.3) is 0 Å². The zero-order chi connectivity index (χ0) is 16.2. The lowest BCUT2D eigenvalue weighted by atomic mass is 10.1. The molecular formula is C18H18FNO3. The van der Waals surface area contributed by atoms with Crippen LogP contribution in [0.15, 0.2) is 42.5 Å². The van der Waals surface area contributed by atoms with Gasteiger partial charge in [-0.2, -0.15) is 0 Å². The quantitative estimate of drug-likeness (QED) is 0.943. The van der Waals surface area contributed by atoms with Crippen LogP contribution in [0.1, 0.15) is 24.1 Å². The zero-order valence-electron chi connectivity index (χ0n) is 12.8. The van der Waals surface area contributed by atoms with E-state index in [-0.39, 0.29) is 24.2 Å². The topological polar surface area (TPSA) is 47.6 Å². The molecule has 0 aliphatic carbocycles. The van der Waals surface area contributed by atoms with Gasteiger partial charge in [-0.15, -0.1) is 0 Å². The third-order valence-corrected chi connectivity index (χ3v) is 3.72. The predicted molar refractivity (Wildman–Crippen MR) is 84.1 cm³/mol. The largest absolute Gasteiger partial charge is 0.486 e. The molecule has 1 aliphatic heterocycles. The van der Waals surface area contributed by atoms with E-state index in [2.05, 4.69) is 5.32 Å². The fourth-order valence-electron chi connectivity index (χ4n) is 2.49. The van der Waals surface area contributed by atoms with Gasteiger partial charge in [-0.25, -0.2) is 4.39 Å². The maximum absolute atomic E-state index is 12.9. The van der Waals surface area contributed by atoms with E-state index in [1.807, 2.05) is 25.1 Å². The van der Waals surface area contributed by atoms with Crippen molar-refractivity contribution in [2.75, 3.05) is 13.2 Å². The summed E-state index contributed by atoms with van der Waals surface area (Å²) in [6.07, 6.45) is 0.217. The van der Waals surface area contributed by atoms with Crippen LogP contribution in [0, 0.1) is 5.82 Å². The summed E-state index contributed by atoms with van der Waals surface area (Å²) in [6, 6.07) is 11.4. The maximum Gasteiger partial charge on any atom is 0.224 e. The summed E-state index contributed by atoms with van der Waals surface area (Å²) < 4.78 is 23.9. The minimum atomic E-state index is -0.307. The molecule has 120 valence electrons. The third-order valence-electron chi connectivity index (χ3n) is 3.72. The van der Waals surface area contributed by atoms with E-state index in [0.717, 1.165) is 16.9 Å². The molecule has 0 radical (unpaired) electrons. The number of rotatable bonds is 4. The fraction of sp³-hybridized carbons (Fsp3) is 0.278. The summed E-state index contributed by atoms with van der Waals surface area (Å²) in [4.78, 5) is 12.1. The summed E-state index contributed by atoms with van der Waals surface area (Å²) in [7, 11) is 0. The Morgan fingerprint density at radius 2 is 1.83 bits per heavy atom. The van der Waals surface area contributed by atoms with Crippen molar-refractivity contribution in [2.45, 2.75) is 19.4 Å². The van der Waals surface area contributed by atoms with Gasteiger partial charge < -0.3 is 14.8 Å². The van der Waals surface area contributed by atoms with E-state index in [9.17, 15) is 9.18 Å². The van der Waals surface area contributed by atoms with Gasteiger partial charge in [0.2, 0.25) is 5.91 Å². The molecule has 23 heavy (non-hydrogen) atoms. The number of ether oxygens (including phenoxy) is 2. The average Bonchev–Trinajstić information content (AvgIpc) is 2.56. The number of fused-ring (bicyclic) bond motifs is 1. The van der Waals surface area contributed by atoms with Crippen LogP contribution in [0.2, 0.25) is 0 Å². The monoisotopic (exact) mass is 315 g/mol. The van der Waals surface area contributed by atoms with Gasteiger partial charge in [0, 0.05) is 0 Å². The lowest BCUT2D eigenvalue weighted by molar-refractivity contribution is -0.121. The highest BCUT2D eigenvalue weighted by Crippen LogP contribution is 2.32. The zero-order valence-corrected chi connectivity index (χ0v) is 12.8. The van der Waals surface area contributed by atoms with E-state index < -0.39 is 0 Å². The summed E-state index contributed by atoms with van der Waals surface area (Å²) in [5, 5.41) is 2.94. The van der Waals surface area contributed by atoms with Crippen molar-refractivity contribution in [2.24, 2.45) is 0 Å². The second-order valence-corrected chi connectivity index (χ2v) is 5.50. The number of halogens is 1. The van der Waals surface area contributed by atoms with Crippen molar-refractivity contribution in [3.63, 3.8) is 0 Å². The maximum atomic E-state index is 12.9. The Labute approximate surface area is 134 Å². The lowest BCUT2D eigenvalue weighted by Crippen LogP contribution is -2.28. The molecule has 0 saturated carbocycles. The highest BCUT2D eigenvalue weighted by Gasteiger charge is 2.16. The predicted octanol–water partition coefficient (Wildman–Crippen LogP) is 3.02. The fourth-order valence-corrected chi connectivity index (χ4v) is 2.49. The highest BCUT2D eigenvalue weighted by atomic mass is 19.1. The van der Waals surface area contributed by atoms with Crippen LogP contribution in [-0.2, 0) is 11.2 Å². The van der Waals surface area contributed by atoms with Crippen molar-refractivity contribution in [3.05, 3.63) is 59.4 Å². The highest BCUT2D eigenvalue weighted by molar-refractivity contribution is 5.79. The summed E-state index contributed by atoms with van der Waals surface area (Å²) in [6.45, 7) is 2.99. The van der Waals surface area contributed by atoms with Crippen LogP contribution in [0.3, 0.4) is 0 Å². The normalized spacial score (nSPS) is 14.2. The minimum absolute atomic E-state index is 0.112. The Hall–Kier alpha value is -2.56. The smallest absolute Gasteiger partial charge is 0.224 e. The van der Waals surface area contributed by atoms with Crippen LogP contribution in [-0.4, -0.2) is 19.1 Å². The molecule has 5 heteroatoms. The Balaban J connectivity index is 1.63. The first-order valence-electron chi connectivity index (χ1n) is 7.55. The molecule has 1 N–H and O–H groups in total. The Morgan fingerprint density at radius 3 is 2.57 bits per heavy atom. The molecule has 0 bridgehead atoms. The van der Waals surface area contributed by atoms with Crippen molar-refractivity contribution in [1.82, 2.24) is 5.32 Å². The number of nitrogens with one attached hydrogen (secondary N) is 1. The number of hydrogen-bond donors (Lipinski definition) is 1.